The van der Waals surface area contributed by atoms with Crippen molar-refractivity contribution in [3.63, 3.8) is 0 Å². The molecule has 1 aliphatic carbocycles. The van der Waals surface area contributed by atoms with E-state index in [4.69, 9.17) is 5.10 Å². The molecule has 0 amide bonds. The van der Waals surface area contributed by atoms with Crippen LogP contribution in [0.2, 0.25) is 0 Å². The molecule has 0 bridgehead atoms. The van der Waals surface area contributed by atoms with Crippen LogP contribution in [0.1, 0.15) is 36.2 Å². The highest BCUT2D eigenvalue weighted by molar-refractivity contribution is 5.36. The average Bonchev–Trinajstić information content (AvgIpc) is 3.06. The van der Waals surface area contributed by atoms with E-state index in [2.05, 4.69) is 37.9 Å². The highest BCUT2D eigenvalue weighted by Crippen LogP contribution is 2.27. The van der Waals surface area contributed by atoms with Gasteiger partial charge in [0.05, 0.1) is 17.5 Å². The number of aryl methyl sites for hydroxylation is 1. The summed E-state index contributed by atoms with van der Waals surface area (Å²) in [5, 5.41) is 14.7. The Bertz CT molecular complexity index is 650. The Morgan fingerprint density at radius 1 is 1.22 bits per heavy atom. The Hall–Kier alpha value is -1.65. The number of aliphatic hydroxyl groups excluding tert-OH is 1. The predicted octanol–water partition coefficient (Wildman–Crippen LogP) is 3.08. The maximum Gasteiger partial charge on any atom is 0.0648 e. The van der Waals surface area contributed by atoms with Crippen molar-refractivity contribution < 1.29 is 5.11 Å². The lowest BCUT2D eigenvalue weighted by atomic mass is 10.1. The summed E-state index contributed by atoms with van der Waals surface area (Å²) in [6, 6.07) is 10.3. The standard InChI is InChI=1S/C19H27N3O/c1-14-18(13-21(3)12-16-8-7-11-19(16)23)15(2)22(20-14)17-9-5-4-6-10-17/h4-6,9-10,16,19,23H,7-8,11-13H2,1-3H3. The largest absolute Gasteiger partial charge is 0.393 e. The van der Waals surface area contributed by atoms with E-state index < -0.39 is 0 Å². The molecule has 0 aliphatic heterocycles. The summed E-state index contributed by atoms with van der Waals surface area (Å²) < 4.78 is 2.03. The quantitative estimate of drug-likeness (QED) is 0.922. The third-order valence-corrected chi connectivity index (χ3v) is 5.04. The molecule has 0 spiro atoms. The molecule has 0 saturated heterocycles. The number of rotatable bonds is 5. The van der Waals surface area contributed by atoms with Crippen molar-refractivity contribution in [1.29, 1.82) is 0 Å². The first kappa shape index (κ1) is 16.2. The molecule has 1 aromatic heterocycles. The molecule has 1 aliphatic rings. The highest BCUT2D eigenvalue weighted by Gasteiger charge is 2.26. The second-order valence-electron chi connectivity index (χ2n) is 6.85. The van der Waals surface area contributed by atoms with Crippen molar-refractivity contribution in [2.75, 3.05) is 13.6 Å². The second-order valence-corrected chi connectivity index (χ2v) is 6.85. The fourth-order valence-corrected chi connectivity index (χ4v) is 3.69. The van der Waals surface area contributed by atoms with Crippen LogP contribution in [0.25, 0.3) is 5.69 Å². The number of hydrogen-bond donors (Lipinski definition) is 1. The number of nitrogens with zero attached hydrogens (tertiary/aromatic N) is 3. The summed E-state index contributed by atoms with van der Waals surface area (Å²) in [6.07, 6.45) is 3.14. The van der Waals surface area contributed by atoms with E-state index in [0.717, 1.165) is 43.7 Å². The Balaban J connectivity index is 1.74. The average molecular weight is 313 g/mol. The maximum atomic E-state index is 10.0. The zero-order valence-electron chi connectivity index (χ0n) is 14.4. The van der Waals surface area contributed by atoms with Gasteiger partial charge >= 0.3 is 0 Å². The molecule has 1 heterocycles. The molecule has 4 nitrogen and oxygen atoms in total. The third-order valence-electron chi connectivity index (χ3n) is 5.04. The van der Waals surface area contributed by atoms with Crippen molar-refractivity contribution in [3.05, 3.63) is 47.3 Å². The van der Waals surface area contributed by atoms with E-state index >= 15 is 0 Å². The van der Waals surface area contributed by atoms with E-state index in [9.17, 15) is 5.11 Å². The van der Waals surface area contributed by atoms with Crippen LogP contribution in [-0.2, 0) is 6.54 Å². The Labute approximate surface area is 138 Å². The van der Waals surface area contributed by atoms with E-state index in [0.29, 0.717) is 5.92 Å². The zero-order chi connectivity index (χ0) is 16.4. The lowest BCUT2D eigenvalue weighted by Crippen LogP contribution is -2.29. The summed E-state index contributed by atoms with van der Waals surface area (Å²) in [5.41, 5.74) is 4.69. The molecule has 1 fully saturated rings. The minimum atomic E-state index is -0.119. The second kappa shape index (κ2) is 6.85. The molecule has 3 rings (SSSR count). The Morgan fingerprint density at radius 2 is 1.96 bits per heavy atom. The van der Waals surface area contributed by atoms with Gasteiger partial charge in [0, 0.05) is 24.3 Å². The minimum Gasteiger partial charge on any atom is -0.393 e. The van der Waals surface area contributed by atoms with Gasteiger partial charge in [-0.2, -0.15) is 5.10 Å². The van der Waals surface area contributed by atoms with Gasteiger partial charge in [0.1, 0.15) is 0 Å². The van der Waals surface area contributed by atoms with Gasteiger partial charge < -0.3 is 10.0 Å². The molecule has 23 heavy (non-hydrogen) atoms. The van der Waals surface area contributed by atoms with Crippen molar-refractivity contribution in [3.8, 4) is 5.69 Å². The van der Waals surface area contributed by atoms with Crippen LogP contribution in [0.3, 0.4) is 0 Å². The van der Waals surface area contributed by atoms with Gasteiger partial charge in [-0.3, -0.25) is 0 Å². The summed E-state index contributed by atoms with van der Waals surface area (Å²) in [7, 11) is 2.14. The lowest BCUT2D eigenvalue weighted by Gasteiger charge is -2.23. The van der Waals surface area contributed by atoms with Crippen molar-refractivity contribution in [2.45, 2.75) is 45.8 Å². The molecule has 2 aromatic rings. The maximum absolute atomic E-state index is 10.0. The summed E-state index contributed by atoms with van der Waals surface area (Å²) in [6.45, 7) is 6.06. The van der Waals surface area contributed by atoms with Gasteiger partial charge in [-0.05, 0) is 51.8 Å². The molecular weight excluding hydrogens is 286 g/mol. The summed E-state index contributed by atoms with van der Waals surface area (Å²) >= 11 is 0. The van der Waals surface area contributed by atoms with E-state index in [1.165, 1.54) is 11.3 Å². The molecule has 2 atom stereocenters. The molecule has 1 N–H and O–H groups in total. The van der Waals surface area contributed by atoms with Crippen LogP contribution in [0, 0.1) is 19.8 Å². The fourth-order valence-electron chi connectivity index (χ4n) is 3.69. The van der Waals surface area contributed by atoms with Gasteiger partial charge in [0.25, 0.3) is 0 Å². The Kier molecular flexibility index (Phi) is 4.83. The first-order valence-corrected chi connectivity index (χ1v) is 8.53. The molecule has 2 unspecified atom stereocenters. The lowest BCUT2D eigenvalue weighted by molar-refractivity contribution is 0.108. The van der Waals surface area contributed by atoms with Crippen LogP contribution in [0.5, 0.6) is 0 Å². The van der Waals surface area contributed by atoms with Gasteiger partial charge in [-0.15, -0.1) is 0 Å². The van der Waals surface area contributed by atoms with Crippen LogP contribution >= 0.6 is 0 Å². The highest BCUT2D eigenvalue weighted by atomic mass is 16.3. The topological polar surface area (TPSA) is 41.3 Å². The predicted molar refractivity (Wildman–Crippen MR) is 92.7 cm³/mol. The third kappa shape index (κ3) is 3.48. The fraction of sp³-hybridized carbons (Fsp3) is 0.526. The van der Waals surface area contributed by atoms with E-state index in [-0.39, 0.29) is 6.10 Å². The molecule has 4 heteroatoms. The van der Waals surface area contributed by atoms with E-state index in [1.807, 2.05) is 22.9 Å². The van der Waals surface area contributed by atoms with Crippen molar-refractivity contribution in [2.24, 2.45) is 5.92 Å². The van der Waals surface area contributed by atoms with Crippen LogP contribution in [0.4, 0.5) is 0 Å². The Morgan fingerprint density at radius 3 is 2.61 bits per heavy atom. The monoisotopic (exact) mass is 313 g/mol. The van der Waals surface area contributed by atoms with Crippen LogP contribution < -0.4 is 0 Å². The number of aliphatic hydroxyl groups is 1. The molecular formula is C19H27N3O. The van der Waals surface area contributed by atoms with Crippen molar-refractivity contribution >= 4 is 0 Å². The minimum absolute atomic E-state index is 0.119. The molecule has 1 saturated carbocycles. The number of hydrogen-bond acceptors (Lipinski definition) is 3. The van der Waals surface area contributed by atoms with E-state index in [1.54, 1.807) is 0 Å². The summed E-state index contributed by atoms with van der Waals surface area (Å²) in [4.78, 5) is 2.32. The van der Waals surface area contributed by atoms with Crippen LogP contribution in [-0.4, -0.2) is 39.5 Å². The SMILES string of the molecule is Cc1nn(-c2ccccc2)c(C)c1CN(C)CC1CCCC1O. The smallest absolute Gasteiger partial charge is 0.0648 e. The van der Waals surface area contributed by atoms with Crippen LogP contribution in [0.15, 0.2) is 30.3 Å². The number of para-hydroxylation sites is 1. The molecule has 124 valence electrons. The van der Waals surface area contributed by atoms with Crippen molar-refractivity contribution in [1.82, 2.24) is 14.7 Å². The van der Waals surface area contributed by atoms with Gasteiger partial charge in [-0.25, -0.2) is 4.68 Å². The first-order chi connectivity index (χ1) is 11.1. The summed E-state index contributed by atoms with van der Waals surface area (Å²) in [5.74, 6) is 0.421. The van der Waals surface area contributed by atoms with Gasteiger partial charge in [0.2, 0.25) is 0 Å². The number of benzene rings is 1. The molecule has 0 radical (unpaired) electrons. The normalized spacial score (nSPS) is 21.3. The number of aromatic nitrogens is 2. The van der Waals surface area contributed by atoms with Gasteiger partial charge in [-0.1, -0.05) is 24.6 Å². The zero-order valence-corrected chi connectivity index (χ0v) is 14.4. The first-order valence-electron chi connectivity index (χ1n) is 8.53. The molecule has 1 aromatic carbocycles. The van der Waals surface area contributed by atoms with Gasteiger partial charge in [0.15, 0.2) is 0 Å².